The van der Waals surface area contributed by atoms with Crippen molar-refractivity contribution in [2.45, 2.75) is 36.1 Å². The molecular formula is C34H29N3O7S2. The fourth-order valence-electron chi connectivity index (χ4n) is 8.34. The Morgan fingerprint density at radius 2 is 1.76 bits per heavy atom. The number of imide groups is 1. The number of methoxy groups -OCH3 is 1. The third-order valence-corrected chi connectivity index (χ3v) is 12.7. The first kappa shape index (κ1) is 29.0. The summed E-state index contributed by atoms with van der Waals surface area (Å²) in [5.74, 6) is -1.01. The molecule has 1 saturated heterocycles. The Hall–Kier alpha value is -4.42. The lowest BCUT2D eigenvalue weighted by molar-refractivity contribution is -0.385. The third-order valence-electron chi connectivity index (χ3n) is 10.1. The standard InChI is InChI=1S/C34H29N3O7S2/c1-16-4-3-5-17(12-16)15-44-24-11-8-19(37(41)42)13-21(24)25-26-22-14-23(29(26)45-31-30(25)46-34(40)35-31)28-27(22)32(38)36(33(28)39)18-6-9-20(43-2)10-7-18/h3-13,22-23,25-29H,14-15H2,1-2H3,(H,35,40)/t22-,23-,25+,26+,27+,28+,29-/m1/s1. The zero-order valence-electron chi connectivity index (χ0n) is 24.9. The topological polar surface area (TPSA) is 132 Å². The van der Waals surface area contributed by atoms with Gasteiger partial charge in [0, 0.05) is 33.7 Å². The Morgan fingerprint density at radius 3 is 2.48 bits per heavy atom. The van der Waals surface area contributed by atoms with Gasteiger partial charge in [-0.25, -0.2) is 0 Å². The summed E-state index contributed by atoms with van der Waals surface area (Å²) in [4.78, 5) is 57.3. The number of nitro groups is 1. The summed E-state index contributed by atoms with van der Waals surface area (Å²) >= 11 is 2.68. The number of fused-ring (bicyclic) bond motifs is 9. The number of thiazole rings is 1. The van der Waals surface area contributed by atoms with Crippen molar-refractivity contribution in [3.8, 4) is 11.5 Å². The van der Waals surface area contributed by atoms with Crippen molar-refractivity contribution in [3.05, 3.63) is 108 Å². The van der Waals surface area contributed by atoms with Crippen molar-refractivity contribution >= 4 is 46.3 Å². The molecule has 7 atom stereocenters. The number of ether oxygens (including phenoxy) is 2. The fraction of sp³-hybridized carbons (Fsp3) is 0.324. The number of aromatic nitrogens is 1. The highest BCUT2D eigenvalue weighted by molar-refractivity contribution is 8.00. The van der Waals surface area contributed by atoms with E-state index < -0.39 is 22.7 Å². The van der Waals surface area contributed by atoms with Gasteiger partial charge in [0.1, 0.15) is 18.1 Å². The summed E-state index contributed by atoms with van der Waals surface area (Å²) in [5, 5.41) is 12.7. The van der Waals surface area contributed by atoms with Crippen LogP contribution in [0, 0.1) is 46.6 Å². The van der Waals surface area contributed by atoms with E-state index in [2.05, 4.69) is 4.98 Å². The molecule has 2 bridgehead atoms. The smallest absolute Gasteiger partial charge is 0.305 e. The van der Waals surface area contributed by atoms with Gasteiger partial charge in [0.2, 0.25) is 11.8 Å². The molecule has 4 aromatic rings. The molecule has 1 aromatic heterocycles. The van der Waals surface area contributed by atoms with E-state index in [4.69, 9.17) is 9.47 Å². The van der Waals surface area contributed by atoms with E-state index in [1.54, 1.807) is 55.3 Å². The molecule has 4 aliphatic rings. The number of aryl methyl sites for hydroxylation is 1. The van der Waals surface area contributed by atoms with Gasteiger partial charge >= 0.3 is 4.87 Å². The van der Waals surface area contributed by atoms with Crippen LogP contribution in [0.1, 0.15) is 33.9 Å². The first-order valence-corrected chi connectivity index (χ1v) is 16.8. The molecule has 2 saturated carbocycles. The molecule has 0 unspecified atom stereocenters. The molecule has 12 heteroatoms. The number of aromatic amines is 1. The Balaban J connectivity index is 1.21. The number of nitrogens with zero attached hydrogens (tertiary/aromatic N) is 2. The molecule has 3 aromatic carbocycles. The molecule has 2 aliphatic heterocycles. The molecular weight excluding hydrogens is 627 g/mol. The van der Waals surface area contributed by atoms with Crippen LogP contribution < -0.4 is 19.2 Å². The number of H-pyrrole nitrogens is 1. The molecule has 2 amide bonds. The number of amides is 2. The molecule has 0 radical (unpaired) electrons. The number of anilines is 1. The van der Waals surface area contributed by atoms with Gasteiger partial charge in [-0.05, 0) is 67.0 Å². The highest BCUT2D eigenvalue weighted by Gasteiger charge is 2.70. The van der Waals surface area contributed by atoms with E-state index in [0.29, 0.717) is 29.2 Å². The maximum absolute atomic E-state index is 14.1. The predicted octanol–water partition coefficient (Wildman–Crippen LogP) is 5.92. The maximum atomic E-state index is 14.1. The van der Waals surface area contributed by atoms with Crippen LogP contribution in [-0.2, 0) is 16.2 Å². The molecule has 2 aliphatic carbocycles. The van der Waals surface area contributed by atoms with Crippen molar-refractivity contribution in [2.24, 2.45) is 29.6 Å². The summed E-state index contributed by atoms with van der Waals surface area (Å²) in [6.07, 6.45) is 0.704. The largest absolute Gasteiger partial charge is 0.497 e. The number of benzene rings is 3. The number of carbonyl (C=O) groups is 2. The second kappa shape index (κ2) is 10.8. The van der Waals surface area contributed by atoms with Crippen LogP contribution >= 0.6 is 23.1 Å². The quantitative estimate of drug-likeness (QED) is 0.148. The van der Waals surface area contributed by atoms with Crippen LogP contribution in [0.4, 0.5) is 11.4 Å². The lowest BCUT2D eigenvalue weighted by Crippen LogP contribution is -2.42. The molecule has 1 N–H and O–H groups in total. The first-order chi connectivity index (χ1) is 22.2. The van der Waals surface area contributed by atoms with Crippen LogP contribution in [-0.4, -0.2) is 34.1 Å². The Labute approximate surface area is 271 Å². The van der Waals surface area contributed by atoms with Gasteiger partial charge in [-0.15, -0.1) is 11.8 Å². The van der Waals surface area contributed by atoms with E-state index in [9.17, 15) is 24.5 Å². The lowest BCUT2D eigenvalue weighted by Gasteiger charge is -2.43. The average molecular weight is 656 g/mol. The molecule has 234 valence electrons. The third kappa shape index (κ3) is 4.41. The van der Waals surface area contributed by atoms with Crippen LogP contribution in [0.5, 0.6) is 11.5 Å². The number of carbonyl (C=O) groups excluding carboxylic acids is 2. The molecule has 46 heavy (non-hydrogen) atoms. The van der Waals surface area contributed by atoms with Crippen molar-refractivity contribution in [1.29, 1.82) is 0 Å². The number of hydrogen-bond donors (Lipinski definition) is 1. The Morgan fingerprint density at radius 1 is 1.00 bits per heavy atom. The van der Waals surface area contributed by atoms with E-state index in [0.717, 1.165) is 32.4 Å². The Bertz CT molecular complexity index is 1970. The molecule has 0 spiro atoms. The average Bonchev–Trinajstić information content (AvgIpc) is 3.79. The maximum Gasteiger partial charge on any atom is 0.305 e. The number of nitro benzene ring substituents is 1. The number of nitrogens with one attached hydrogen (secondary N) is 1. The summed E-state index contributed by atoms with van der Waals surface area (Å²) in [6, 6.07) is 19.5. The molecule has 10 nitrogen and oxygen atoms in total. The van der Waals surface area contributed by atoms with E-state index >= 15 is 0 Å². The monoisotopic (exact) mass is 655 g/mol. The van der Waals surface area contributed by atoms with E-state index in [1.807, 2.05) is 31.2 Å². The predicted molar refractivity (Wildman–Crippen MR) is 173 cm³/mol. The van der Waals surface area contributed by atoms with E-state index in [-0.39, 0.29) is 52.0 Å². The normalized spacial score (nSPS) is 27.3. The summed E-state index contributed by atoms with van der Waals surface area (Å²) in [6.45, 7) is 2.27. The fourth-order valence-corrected chi connectivity index (χ4v) is 11.2. The highest BCUT2D eigenvalue weighted by Crippen LogP contribution is 2.69. The van der Waals surface area contributed by atoms with Crippen molar-refractivity contribution < 1.29 is 24.0 Å². The van der Waals surface area contributed by atoms with Crippen LogP contribution in [0.2, 0.25) is 0 Å². The minimum absolute atomic E-state index is 0.0644. The van der Waals surface area contributed by atoms with Gasteiger partial charge < -0.3 is 14.5 Å². The van der Waals surface area contributed by atoms with Gasteiger partial charge in [0.05, 0.1) is 34.6 Å². The molecule has 3 fully saturated rings. The second-order valence-corrected chi connectivity index (χ2v) is 14.6. The van der Waals surface area contributed by atoms with Crippen LogP contribution in [0.15, 0.2) is 76.6 Å². The van der Waals surface area contributed by atoms with Crippen molar-refractivity contribution in [2.75, 3.05) is 12.0 Å². The van der Waals surface area contributed by atoms with Crippen molar-refractivity contribution in [3.63, 3.8) is 0 Å². The summed E-state index contributed by atoms with van der Waals surface area (Å²) < 4.78 is 11.6. The summed E-state index contributed by atoms with van der Waals surface area (Å²) in [5.41, 5.74) is 3.13. The van der Waals surface area contributed by atoms with Crippen LogP contribution in [0.3, 0.4) is 0 Å². The number of rotatable bonds is 7. The van der Waals surface area contributed by atoms with Gasteiger partial charge in [-0.1, -0.05) is 41.2 Å². The number of hydrogen-bond acceptors (Lipinski definition) is 9. The molecule has 8 rings (SSSR count). The Kier molecular flexibility index (Phi) is 6.84. The van der Waals surface area contributed by atoms with Crippen molar-refractivity contribution in [1.82, 2.24) is 4.98 Å². The van der Waals surface area contributed by atoms with Gasteiger partial charge in [-0.3, -0.25) is 29.4 Å². The highest BCUT2D eigenvalue weighted by atomic mass is 32.2. The summed E-state index contributed by atoms with van der Waals surface area (Å²) in [7, 11) is 1.56. The second-order valence-electron chi connectivity index (χ2n) is 12.4. The van der Waals surface area contributed by atoms with E-state index in [1.165, 1.54) is 11.0 Å². The van der Waals surface area contributed by atoms with Gasteiger partial charge in [0.25, 0.3) is 5.69 Å². The molecule has 3 heterocycles. The number of thioether (sulfide) groups is 1. The lowest BCUT2D eigenvalue weighted by atomic mass is 9.68. The SMILES string of the molecule is COc1ccc(N2C(=O)[C@H]3[C@H]4C[C@@H]([C@@H]3C2=O)[C@H]2[C@H](c3cc([N+](=O)[O-])ccc3OCc3cccc(C)c3)c3sc(=O)[nH]c3S[C@H]42)cc1. The zero-order chi connectivity index (χ0) is 31.9. The zero-order valence-corrected chi connectivity index (χ0v) is 26.5. The van der Waals surface area contributed by atoms with Gasteiger partial charge in [0.15, 0.2) is 0 Å². The van der Waals surface area contributed by atoms with Crippen LogP contribution in [0.25, 0.3) is 0 Å². The first-order valence-electron chi connectivity index (χ1n) is 15.1. The minimum Gasteiger partial charge on any atom is -0.497 e. The minimum atomic E-state index is -0.503. The number of non-ortho nitro benzene ring substituents is 1. The van der Waals surface area contributed by atoms with Gasteiger partial charge in [-0.2, -0.15) is 0 Å².